The van der Waals surface area contributed by atoms with Crippen LogP contribution in [0.25, 0.3) is 0 Å². The number of nitrogens with one attached hydrogen (secondary N) is 3. The van der Waals surface area contributed by atoms with Gasteiger partial charge in [0.1, 0.15) is 5.75 Å². The van der Waals surface area contributed by atoms with E-state index in [1.165, 1.54) is 12.3 Å². The smallest absolute Gasteiger partial charge is 0.248 e. The van der Waals surface area contributed by atoms with Gasteiger partial charge in [0.05, 0.1) is 18.0 Å². The van der Waals surface area contributed by atoms with Crippen LogP contribution in [0.15, 0.2) is 78.5 Å². The van der Waals surface area contributed by atoms with E-state index in [-0.39, 0.29) is 5.91 Å². The second kappa shape index (κ2) is 11.1. The maximum absolute atomic E-state index is 11.9. The Morgan fingerprint density at radius 1 is 1.07 bits per heavy atom. The second-order valence-corrected chi connectivity index (χ2v) is 5.67. The van der Waals surface area contributed by atoms with Gasteiger partial charge in [0.2, 0.25) is 5.91 Å². The predicted molar refractivity (Wildman–Crippen MR) is 110 cm³/mol. The number of anilines is 2. The van der Waals surface area contributed by atoms with E-state index in [0.29, 0.717) is 30.1 Å². The number of ether oxygens (including phenoxy) is 1. The highest BCUT2D eigenvalue weighted by molar-refractivity contribution is 6.02. The maximum atomic E-state index is 11.9. The van der Waals surface area contributed by atoms with Crippen LogP contribution < -0.4 is 21.1 Å². The quantitative estimate of drug-likeness (QED) is 0.171. The van der Waals surface area contributed by atoms with Crippen LogP contribution in [-0.4, -0.2) is 25.3 Å². The first-order valence-corrected chi connectivity index (χ1v) is 8.64. The molecule has 2 rings (SSSR count). The molecule has 1 amide bonds. The van der Waals surface area contributed by atoms with Gasteiger partial charge in [-0.2, -0.15) is 0 Å². The zero-order valence-electron chi connectivity index (χ0n) is 15.0. The molecule has 0 aliphatic carbocycles. The average molecular weight is 364 g/mol. The van der Waals surface area contributed by atoms with Crippen LogP contribution in [0.4, 0.5) is 11.4 Å². The van der Waals surface area contributed by atoms with E-state index in [1.807, 2.05) is 30.3 Å². The lowest BCUT2D eigenvalue weighted by Crippen LogP contribution is -2.12. The zero-order valence-corrected chi connectivity index (χ0v) is 15.0. The summed E-state index contributed by atoms with van der Waals surface area (Å²) >= 11 is 0. The Morgan fingerprint density at radius 2 is 1.81 bits per heavy atom. The Morgan fingerprint density at radius 3 is 2.56 bits per heavy atom. The number of carbonyl (C=O) groups excluding carboxylic acids is 1. The van der Waals surface area contributed by atoms with Crippen molar-refractivity contribution in [3.63, 3.8) is 0 Å². The Balaban J connectivity index is 1.71. The minimum absolute atomic E-state index is 0.308. The fourth-order valence-corrected chi connectivity index (χ4v) is 2.17. The van der Waals surface area contributed by atoms with Crippen molar-refractivity contribution in [3.05, 3.63) is 78.5 Å². The van der Waals surface area contributed by atoms with Gasteiger partial charge >= 0.3 is 0 Å². The number of hydrogen-bond acceptors (Lipinski definition) is 5. The molecule has 140 valence electrons. The van der Waals surface area contributed by atoms with Crippen molar-refractivity contribution in [2.45, 2.75) is 6.42 Å². The summed E-state index contributed by atoms with van der Waals surface area (Å²) in [4.78, 5) is 11.9. The fraction of sp³-hybridized carbons (Fsp3) is 0.143. The third-order valence-electron chi connectivity index (χ3n) is 3.56. The third kappa shape index (κ3) is 7.48. The zero-order chi connectivity index (χ0) is 19.3. The SMILES string of the molecule is N=CC(=C\NCCCOc1ccccc1)/C=C/C(=O)Nc1ccccc1N. The van der Waals surface area contributed by atoms with Crippen molar-refractivity contribution >= 4 is 23.5 Å². The summed E-state index contributed by atoms with van der Waals surface area (Å²) in [6, 6.07) is 16.7. The van der Waals surface area contributed by atoms with Crippen molar-refractivity contribution in [1.29, 1.82) is 5.41 Å². The molecule has 0 aliphatic rings. The molecule has 2 aromatic carbocycles. The molecule has 0 spiro atoms. The molecule has 27 heavy (non-hydrogen) atoms. The molecule has 0 saturated carbocycles. The molecule has 5 N–H and O–H groups in total. The summed E-state index contributed by atoms with van der Waals surface area (Å²) in [5.41, 5.74) is 7.43. The van der Waals surface area contributed by atoms with Crippen LogP contribution >= 0.6 is 0 Å². The monoisotopic (exact) mass is 364 g/mol. The van der Waals surface area contributed by atoms with Gasteiger partial charge in [-0.3, -0.25) is 4.79 Å². The van der Waals surface area contributed by atoms with Gasteiger partial charge in [-0.05, 0) is 36.8 Å². The first kappa shape index (κ1) is 19.8. The summed E-state index contributed by atoms with van der Waals surface area (Å²) in [6.45, 7) is 1.30. The highest BCUT2D eigenvalue weighted by Gasteiger charge is 2.01. The van der Waals surface area contributed by atoms with Gasteiger partial charge in [-0.15, -0.1) is 0 Å². The number of rotatable bonds is 10. The summed E-state index contributed by atoms with van der Waals surface area (Å²) in [7, 11) is 0. The van der Waals surface area contributed by atoms with Crippen molar-refractivity contribution in [1.82, 2.24) is 5.32 Å². The van der Waals surface area contributed by atoms with Gasteiger partial charge in [-0.1, -0.05) is 30.3 Å². The Bertz CT molecular complexity index is 801. The summed E-state index contributed by atoms with van der Waals surface area (Å²) in [5, 5.41) is 13.2. The molecule has 0 bridgehead atoms. The third-order valence-corrected chi connectivity index (χ3v) is 3.56. The van der Waals surface area contributed by atoms with Gasteiger partial charge in [-0.25, -0.2) is 0 Å². The van der Waals surface area contributed by atoms with E-state index in [2.05, 4.69) is 10.6 Å². The minimum Gasteiger partial charge on any atom is -0.494 e. The van der Waals surface area contributed by atoms with Crippen LogP contribution in [0.2, 0.25) is 0 Å². The van der Waals surface area contributed by atoms with E-state index in [9.17, 15) is 4.79 Å². The van der Waals surface area contributed by atoms with E-state index in [0.717, 1.165) is 12.2 Å². The lowest BCUT2D eigenvalue weighted by atomic mass is 10.2. The highest BCUT2D eigenvalue weighted by Crippen LogP contribution is 2.16. The average Bonchev–Trinajstić information content (AvgIpc) is 2.69. The van der Waals surface area contributed by atoms with Gasteiger partial charge in [0, 0.05) is 30.6 Å². The van der Waals surface area contributed by atoms with Gasteiger partial charge < -0.3 is 26.5 Å². The number of nitrogens with two attached hydrogens (primary N) is 1. The number of amides is 1. The summed E-state index contributed by atoms with van der Waals surface area (Å²) in [5.74, 6) is 0.540. The number of nitrogen functional groups attached to an aromatic ring is 1. The number of hydrogen-bond donors (Lipinski definition) is 4. The van der Waals surface area contributed by atoms with E-state index < -0.39 is 0 Å². The standard InChI is InChI=1S/C21H24N4O2/c22-15-17(11-12-21(26)25-20-10-5-4-9-19(20)23)16-24-13-6-14-27-18-7-2-1-3-8-18/h1-5,7-12,15-16,22,24H,6,13-14,23H2,(H,25,26)/b12-11+,17-16-,22-15?. The number of allylic oxidation sites excluding steroid dienone is 2. The molecule has 0 heterocycles. The lowest BCUT2D eigenvalue weighted by molar-refractivity contribution is -0.111. The van der Waals surface area contributed by atoms with Crippen LogP contribution in [0.5, 0.6) is 5.75 Å². The maximum Gasteiger partial charge on any atom is 0.248 e. The van der Waals surface area contributed by atoms with E-state index >= 15 is 0 Å². The van der Waals surface area contributed by atoms with Crippen molar-refractivity contribution in [2.75, 3.05) is 24.2 Å². The molecule has 0 fully saturated rings. The first-order chi connectivity index (χ1) is 13.2. The predicted octanol–water partition coefficient (Wildman–Crippen LogP) is 3.36. The van der Waals surface area contributed by atoms with E-state index in [4.69, 9.17) is 15.9 Å². The molecule has 0 radical (unpaired) electrons. The molecule has 6 heteroatoms. The Labute approximate surface area is 159 Å². The molecule has 6 nitrogen and oxygen atoms in total. The Hall–Kier alpha value is -3.54. The van der Waals surface area contributed by atoms with Crippen molar-refractivity contribution in [3.8, 4) is 5.75 Å². The lowest BCUT2D eigenvalue weighted by Gasteiger charge is -2.06. The number of benzene rings is 2. The molecule has 0 aliphatic heterocycles. The highest BCUT2D eigenvalue weighted by atomic mass is 16.5. The van der Waals surface area contributed by atoms with Gasteiger partial charge in [0.15, 0.2) is 0 Å². The first-order valence-electron chi connectivity index (χ1n) is 8.64. The molecule has 0 unspecified atom stereocenters. The summed E-state index contributed by atoms with van der Waals surface area (Å²) < 4.78 is 5.60. The van der Waals surface area contributed by atoms with E-state index in [1.54, 1.807) is 36.5 Å². The van der Waals surface area contributed by atoms with Crippen molar-refractivity contribution in [2.24, 2.45) is 0 Å². The molecule has 0 atom stereocenters. The largest absolute Gasteiger partial charge is 0.494 e. The topological polar surface area (TPSA) is 100 Å². The van der Waals surface area contributed by atoms with Crippen molar-refractivity contribution < 1.29 is 9.53 Å². The number of carbonyl (C=O) groups is 1. The molecular weight excluding hydrogens is 340 g/mol. The Kier molecular flexibility index (Phi) is 8.17. The minimum atomic E-state index is -0.308. The van der Waals surface area contributed by atoms with Crippen LogP contribution in [-0.2, 0) is 4.79 Å². The van der Waals surface area contributed by atoms with Crippen LogP contribution in [0.3, 0.4) is 0 Å². The molecule has 2 aromatic rings. The molecule has 0 saturated heterocycles. The second-order valence-electron chi connectivity index (χ2n) is 5.67. The summed E-state index contributed by atoms with van der Waals surface area (Å²) in [6.07, 6.45) is 6.61. The molecule has 0 aromatic heterocycles. The number of para-hydroxylation sites is 3. The van der Waals surface area contributed by atoms with Crippen LogP contribution in [0.1, 0.15) is 6.42 Å². The van der Waals surface area contributed by atoms with Crippen LogP contribution in [0, 0.1) is 5.41 Å². The van der Waals surface area contributed by atoms with Gasteiger partial charge in [0.25, 0.3) is 0 Å². The fourth-order valence-electron chi connectivity index (χ4n) is 2.17. The normalized spacial score (nSPS) is 11.2. The molecular formula is C21H24N4O2.